The third kappa shape index (κ3) is 5.43. The van der Waals surface area contributed by atoms with Crippen LogP contribution in [0, 0.1) is 0 Å². The van der Waals surface area contributed by atoms with Crippen LogP contribution in [-0.4, -0.2) is 35.4 Å². The number of likely N-dealkylation sites (tertiary alicyclic amines) is 1. The number of ketones is 1. The molecule has 158 valence electrons. The summed E-state index contributed by atoms with van der Waals surface area (Å²) >= 11 is 19.7. The highest BCUT2D eigenvalue weighted by Crippen LogP contribution is 2.32. The highest BCUT2D eigenvalue weighted by atomic mass is 35.5. The van der Waals surface area contributed by atoms with Crippen molar-refractivity contribution in [1.82, 2.24) is 4.90 Å². The second kappa shape index (κ2) is 9.96. The number of hydrogen-bond acceptors (Lipinski definition) is 5. The molecule has 9 heteroatoms. The zero-order chi connectivity index (χ0) is 21.8. The van der Waals surface area contributed by atoms with Crippen LogP contribution in [0.4, 0.5) is 5.69 Å². The van der Waals surface area contributed by atoms with Crippen LogP contribution in [0.15, 0.2) is 46.6 Å². The number of Topliss-reactive ketones (excluding diaryl/α,β-unsaturated/α-hetero) is 1. The molecular formula is C21H20Cl3N3O2S. The average molecular weight is 485 g/mol. The summed E-state index contributed by atoms with van der Waals surface area (Å²) < 4.78 is 0.571. The Morgan fingerprint density at radius 3 is 2.43 bits per heavy atom. The van der Waals surface area contributed by atoms with E-state index in [1.807, 2.05) is 0 Å². The smallest absolute Gasteiger partial charge is 0.230 e. The third-order valence-electron chi connectivity index (χ3n) is 4.78. The molecule has 0 bridgehead atoms. The molecule has 0 radical (unpaired) electrons. The summed E-state index contributed by atoms with van der Waals surface area (Å²) in [6.45, 7) is 3.07. The normalized spacial score (nSPS) is 15.3. The van der Waals surface area contributed by atoms with Crippen molar-refractivity contribution >= 4 is 69.2 Å². The maximum absolute atomic E-state index is 12.7. The lowest BCUT2D eigenvalue weighted by atomic mass is 10.0. The molecule has 5 nitrogen and oxygen atoms in total. The van der Waals surface area contributed by atoms with E-state index in [0.29, 0.717) is 44.4 Å². The lowest BCUT2D eigenvalue weighted by Gasteiger charge is -2.15. The second-order valence-corrected chi connectivity index (χ2v) is 9.45. The predicted molar refractivity (Wildman–Crippen MR) is 124 cm³/mol. The van der Waals surface area contributed by atoms with Crippen LogP contribution in [0.25, 0.3) is 0 Å². The van der Waals surface area contributed by atoms with E-state index in [1.165, 1.54) is 11.3 Å². The van der Waals surface area contributed by atoms with Gasteiger partial charge in [0.2, 0.25) is 5.91 Å². The summed E-state index contributed by atoms with van der Waals surface area (Å²) in [7, 11) is 0. The Labute approximate surface area is 194 Å². The van der Waals surface area contributed by atoms with Crippen molar-refractivity contribution in [3.05, 3.63) is 60.9 Å². The number of aliphatic imine (C=N–C) groups is 1. The van der Waals surface area contributed by atoms with Crippen LogP contribution in [0.5, 0.6) is 0 Å². The first-order valence-corrected chi connectivity index (χ1v) is 11.3. The summed E-state index contributed by atoms with van der Waals surface area (Å²) in [5.74, 6) is -0.631. The van der Waals surface area contributed by atoms with E-state index >= 15 is 0 Å². The van der Waals surface area contributed by atoms with Gasteiger partial charge in [0.25, 0.3) is 0 Å². The van der Waals surface area contributed by atoms with Crippen LogP contribution in [0.3, 0.4) is 0 Å². The zero-order valence-corrected chi connectivity index (χ0v) is 19.3. The Bertz CT molecular complexity index is 1040. The topological polar surface area (TPSA) is 75.8 Å². The number of benzene rings is 1. The van der Waals surface area contributed by atoms with Crippen LogP contribution in [0.2, 0.25) is 14.4 Å². The Morgan fingerprint density at radius 1 is 1.13 bits per heavy atom. The van der Waals surface area contributed by atoms with E-state index in [0.717, 1.165) is 17.7 Å². The van der Waals surface area contributed by atoms with Gasteiger partial charge >= 0.3 is 0 Å². The molecule has 1 aliphatic rings. The van der Waals surface area contributed by atoms with Crippen molar-refractivity contribution in [1.29, 1.82) is 0 Å². The molecule has 2 N–H and O–H groups in total. The molecule has 1 fully saturated rings. The summed E-state index contributed by atoms with van der Waals surface area (Å²) in [6.07, 6.45) is 1.66. The van der Waals surface area contributed by atoms with Crippen molar-refractivity contribution in [2.45, 2.75) is 26.2 Å². The molecular weight excluding hydrogens is 465 g/mol. The van der Waals surface area contributed by atoms with Crippen molar-refractivity contribution in [3.63, 3.8) is 0 Å². The minimum absolute atomic E-state index is 0.00379. The lowest BCUT2D eigenvalue weighted by molar-refractivity contribution is -0.133. The molecule has 0 aliphatic carbocycles. The first kappa shape index (κ1) is 22.8. The molecule has 0 spiro atoms. The van der Waals surface area contributed by atoms with Gasteiger partial charge in [-0.25, -0.2) is 4.99 Å². The van der Waals surface area contributed by atoms with E-state index in [2.05, 4.69) is 4.99 Å². The molecule has 3 rings (SSSR count). The summed E-state index contributed by atoms with van der Waals surface area (Å²) in [6, 6.07) is 8.48. The number of amides is 1. The van der Waals surface area contributed by atoms with Gasteiger partial charge in [-0.3, -0.25) is 9.59 Å². The number of carbonyl (C=O) groups excluding carboxylic acids is 2. The van der Waals surface area contributed by atoms with Crippen LogP contribution in [0.1, 0.15) is 31.1 Å². The van der Waals surface area contributed by atoms with Gasteiger partial charge in [0, 0.05) is 23.7 Å². The number of rotatable bonds is 6. The quantitative estimate of drug-likeness (QED) is 0.327. The standard InChI is InChI=1S/C21H20Cl3N3O2S/c1-12(20(25)16(28)11-19(29)27-8-2-3-9-27)21(17-6-7-18(24)30-17)26-15-5-4-13(22)10-14(15)23/h4-7,10H,2-3,8-9,11,25H2,1H3/b20-12-,26-21?. The van der Waals surface area contributed by atoms with E-state index in [9.17, 15) is 9.59 Å². The molecule has 1 amide bonds. The SMILES string of the molecule is C/C(C(=Nc1ccc(Cl)cc1Cl)c1ccc(Cl)s1)=C(/N)C(=O)CC(=O)N1CCCC1. The third-order valence-corrected chi connectivity index (χ3v) is 6.55. The molecule has 1 saturated heterocycles. The molecule has 2 heterocycles. The van der Waals surface area contributed by atoms with Crippen molar-refractivity contribution in [2.75, 3.05) is 13.1 Å². The molecule has 1 aliphatic heterocycles. The highest BCUT2D eigenvalue weighted by Gasteiger charge is 2.23. The number of halogens is 3. The number of nitrogens with zero attached hydrogens (tertiary/aromatic N) is 2. The molecule has 1 aromatic carbocycles. The van der Waals surface area contributed by atoms with Gasteiger partial charge in [0.15, 0.2) is 5.78 Å². The number of hydrogen-bond donors (Lipinski definition) is 1. The molecule has 0 saturated carbocycles. The Hall–Kier alpha value is -1.86. The monoisotopic (exact) mass is 483 g/mol. The fourth-order valence-corrected chi connectivity index (χ4v) is 4.65. The lowest BCUT2D eigenvalue weighted by Crippen LogP contribution is -2.31. The first-order chi connectivity index (χ1) is 14.3. The first-order valence-electron chi connectivity index (χ1n) is 9.33. The van der Waals surface area contributed by atoms with Gasteiger partial charge in [-0.1, -0.05) is 34.8 Å². The van der Waals surface area contributed by atoms with E-state index in [-0.39, 0.29) is 18.0 Å². The van der Waals surface area contributed by atoms with Gasteiger partial charge in [0.05, 0.1) is 37.8 Å². The van der Waals surface area contributed by atoms with Gasteiger partial charge in [-0.15, -0.1) is 11.3 Å². The second-order valence-electron chi connectivity index (χ2n) is 6.89. The van der Waals surface area contributed by atoms with Gasteiger partial charge in [-0.2, -0.15) is 0 Å². The van der Waals surface area contributed by atoms with Gasteiger partial charge in [0.1, 0.15) is 0 Å². The van der Waals surface area contributed by atoms with Gasteiger partial charge in [-0.05, 0) is 50.1 Å². The highest BCUT2D eigenvalue weighted by molar-refractivity contribution is 7.18. The zero-order valence-electron chi connectivity index (χ0n) is 16.3. The maximum Gasteiger partial charge on any atom is 0.230 e. The van der Waals surface area contributed by atoms with E-state index < -0.39 is 5.78 Å². The number of nitrogens with two attached hydrogens (primary N) is 1. The fraction of sp³-hybridized carbons (Fsp3) is 0.286. The van der Waals surface area contributed by atoms with Gasteiger partial charge < -0.3 is 10.6 Å². The largest absolute Gasteiger partial charge is 0.396 e. The molecule has 2 aromatic rings. The number of carbonyl (C=O) groups is 2. The molecule has 0 atom stereocenters. The fourth-order valence-electron chi connectivity index (χ4n) is 3.11. The van der Waals surface area contributed by atoms with Crippen molar-refractivity contribution in [2.24, 2.45) is 10.7 Å². The van der Waals surface area contributed by atoms with E-state index in [4.69, 9.17) is 40.5 Å². The molecule has 0 unspecified atom stereocenters. The Balaban J connectivity index is 1.96. The van der Waals surface area contributed by atoms with Crippen molar-refractivity contribution < 1.29 is 9.59 Å². The Kier molecular flexibility index (Phi) is 7.58. The van der Waals surface area contributed by atoms with Crippen LogP contribution >= 0.6 is 46.1 Å². The summed E-state index contributed by atoms with van der Waals surface area (Å²) in [5, 5.41) is 0.853. The van der Waals surface area contributed by atoms with Crippen LogP contribution in [-0.2, 0) is 9.59 Å². The summed E-state index contributed by atoms with van der Waals surface area (Å²) in [5.41, 5.74) is 7.57. The number of thiophene rings is 1. The minimum Gasteiger partial charge on any atom is -0.396 e. The maximum atomic E-state index is 12.7. The van der Waals surface area contributed by atoms with E-state index in [1.54, 1.807) is 42.2 Å². The molecule has 1 aromatic heterocycles. The minimum atomic E-state index is -0.429. The molecule has 30 heavy (non-hydrogen) atoms. The predicted octanol–water partition coefficient (Wildman–Crippen LogP) is 5.64. The van der Waals surface area contributed by atoms with Crippen molar-refractivity contribution in [3.8, 4) is 0 Å². The average Bonchev–Trinajstić information content (AvgIpc) is 3.38. The Morgan fingerprint density at radius 2 is 1.83 bits per heavy atom. The van der Waals surface area contributed by atoms with Crippen LogP contribution < -0.4 is 5.73 Å². The number of allylic oxidation sites excluding steroid dienone is 2. The summed E-state index contributed by atoms with van der Waals surface area (Å²) in [4.78, 5) is 32.1.